The molecular weight excluding hydrogens is 322 g/mol. The van der Waals surface area contributed by atoms with Gasteiger partial charge in [0.15, 0.2) is 0 Å². The molecule has 0 aromatic carbocycles. The molecule has 0 radical (unpaired) electrons. The molecule has 1 unspecified atom stereocenters. The first-order valence-corrected chi connectivity index (χ1v) is 9.30. The maximum atomic E-state index is 12.8. The van der Waals surface area contributed by atoms with Gasteiger partial charge in [-0.3, -0.25) is 9.59 Å². The number of nitrogens with zero attached hydrogens (tertiary/aromatic N) is 2. The first kappa shape index (κ1) is 17.9. The van der Waals surface area contributed by atoms with Crippen molar-refractivity contribution in [3.63, 3.8) is 0 Å². The van der Waals surface area contributed by atoms with E-state index in [4.69, 9.17) is 0 Å². The van der Waals surface area contributed by atoms with Crippen LogP contribution < -0.4 is 5.32 Å². The summed E-state index contributed by atoms with van der Waals surface area (Å²) >= 11 is 1.72. The van der Waals surface area contributed by atoms with Crippen molar-refractivity contribution in [2.75, 3.05) is 37.8 Å². The van der Waals surface area contributed by atoms with Gasteiger partial charge in [0, 0.05) is 31.3 Å². The van der Waals surface area contributed by atoms with Gasteiger partial charge in [0.05, 0.1) is 5.88 Å². The van der Waals surface area contributed by atoms with Gasteiger partial charge in [-0.2, -0.15) is 0 Å². The molecule has 1 saturated carbocycles. The fourth-order valence-electron chi connectivity index (χ4n) is 3.55. The third kappa shape index (κ3) is 3.89. The van der Waals surface area contributed by atoms with Crippen LogP contribution in [0, 0.1) is 5.92 Å². The second-order valence-electron chi connectivity index (χ2n) is 6.23. The number of carbonyl (C=O) groups excluding carboxylic acids is 2. The number of amides is 2. The van der Waals surface area contributed by atoms with Crippen molar-refractivity contribution < 1.29 is 9.59 Å². The summed E-state index contributed by atoms with van der Waals surface area (Å²) in [6, 6.07) is -0.221. The number of rotatable bonds is 2. The summed E-state index contributed by atoms with van der Waals surface area (Å²) in [5.41, 5.74) is 0. The van der Waals surface area contributed by atoms with E-state index in [1.165, 1.54) is 0 Å². The molecular formula is C15H26ClN3O2S. The van der Waals surface area contributed by atoms with Crippen LogP contribution in [0.4, 0.5) is 0 Å². The Labute approximate surface area is 142 Å². The molecule has 2 heterocycles. The van der Waals surface area contributed by atoms with Crippen LogP contribution in [-0.4, -0.2) is 65.5 Å². The van der Waals surface area contributed by atoms with Crippen molar-refractivity contribution in [2.24, 2.45) is 5.92 Å². The Kier molecular flexibility index (Phi) is 6.84. The van der Waals surface area contributed by atoms with Gasteiger partial charge >= 0.3 is 0 Å². The monoisotopic (exact) mass is 347 g/mol. The molecule has 126 valence electrons. The molecule has 2 amide bonds. The summed E-state index contributed by atoms with van der Waals surface area (Å²) in [7, 11) is 0. The van der Waals surface area contributed by atoms with Crippen LogP contribution in [-0.2, 0) is 9.59 Å². The Balaban J connectivity index is 0.00000176. The van der Waals surface area contributed by atoms with Gasteiger partial charge in [-0.15, -0.1) is 24.2 Å². The molecule has 3 fully saturated rings. The largest absolute Gasteiger partial charge is 0.340 e. The quantitative estimate of drug-likeness (QED) is 0.818. The van der Waals surface area contributed by atoms with Gasteiger partial charge in [0.25, 0.3) is 0 Å². The molecule has 0 aromatic heterocycles. The van der Waals surface area contributed by atoms with Crippen molar-refractivity contribution >= 4 is 36.0 Å². The molecule has 22 heavy (non-hydrogen) atoms. The van der Waals surface area contributed by atoms with Gasteiger partial charge in [-0.1, -0.05) is 12.8 Å². The maximum Gasteiger partial charge on any atom is 0.246 e. The van der Waals surface area contributed by atoms with Crippen molar-refractivity contribution in [1.29, 1.82) is 0 Å². The highest BCUT2D eigenvalue weighted by molar-refractivity contribution is 7.99. The number of hydrogen-bond donors (Lipinski definition) is 1. The van der Waals surface area contributed by atoms with Crippen LogP contribution in [0.5, 0.6) is 0 Å². The SMILES string of the molecule is Cl.O=C(C1CSCN1C(=O)C1CCCC1)N1CCCNCC1. The number of carbonyl (C=O) groups is 2. The van der Waals surface area contributed by atoms with Crippen LogP contribution in [0.3, 0.4) is 0 Å². The lowest BCUT2D eigenvalue weighted by Gasteiger charge is -2.30. The van der Waals surface area contributed by atoms with Gasteiger partial charge in [0.2, 0.25) is 11.8 Å². The molecule has 0 bridgehead atoms. The van der Waals surface area contributed by atoms with Gasteiger partial charge in [-0.25, -0.2) is 0 Å². The minimum atomic E-state index is -0.221. The lowest BCUT2D eigenvalue weighted by molar-refractivity contribution is -0.145. The topological polar surface area (TPSA) is 52.7 Å². The lowest BCUT2D eigenvalue weighted by Crippen LogP contribution is -2.50. The predicted molar refractivity (Wildman–Crippen MR) is 91.2 cm³/mol. The molecule has 5 nitrogen and oxygen atoms in total. The summed E-state index contributed by atoms with van der Waals surface area (Å²) < 4.78 is 0. The average Bonchev–Trinajstić information content (AvgIpc) is 3.12. The summed E-state index contributed by atoms with van der Waals surface area (Å²) in [6.45, 7) is 3.43. The van der Waals surface area contributed by atoms with E-state index >= 15 is 0 Å². The van der Waals surface area contributed by atoms with Gasteiger partial charge in [0.1, 0.15) is 6.04 Å². The van der Waals surface area contributed by atoms with Crippen molar-refractivity contribution in [2.45, 2.75) is 38.1 Å². The Morgan fingerprint density at radius 1 is 1.00 bits per heavy atom. The summed E-state index contributed by atoms with van der Waals surface area (Å²) in [6.07, 6.45) is 5.34. The van der Waals surface area contributed by atoms with E-state index in [1.54, 1.807) is 11.8 Å². The average molecular weight is 348 g/mol. The Morgan fingerprint density at radius 2 is 1.77 bits per heavy atom. The number of halogens is 1. The van der Waals surface area contributed by atoms with E-state index in [0.717, 1.165) is 64.0 Å². The predicted octanol–water partition coefficient (Wildman–Crippen LogP) is 1.32. The van der Waals surface area contributed by atoms with E-state index in [1.807, 2.05) is 9.80 Å². The number of hydrogen-bond acceptors (Lipinski definition) is 4. The normalized spacial score (nSPS) is 26.6. The first-order valence-electron chi connectivity index (χ1n) is 8.15. The van der Waals surface area contributed by atoms with Crippen LogP contribution in [0.25, 0.3) is 0 Å². The molecule has 2 aliphatic heterocycles. The smallest absolute Gasteiger partial charge is 0.246 e. The minimum Gasteiger partial charge on any atom is -0.340 e. The molecule has 2 saturated heterocycles. The highest BCUT2D eigenvalue weighted by Gasteiger charge is 2.39. The third-order valence-electron chi connectivity index (χ3n) is 4.81. The number of nitrogens with one attached hydrogen (secondary N) is 1. The van der Waals surface area contributed by atoms with Gasteiger partial charge < -0.3 is 15.1 Å². The Morgan fingerprint density at radius 3 is 2.55 bits per heavy atom. The number of thioether (sulfide) groups is 1. The van der Waals surface area contributed by atoms with Crippen LogP contribution >= 0.6 is 24.2 Å². The second-order valence-corrected chi connectivity index (χ2v) is 7.23. The molecule has 1 N–H and O–H groups in total. The molecule has 0 spiro atoms. The molecule has 3 rings (SSSR count). The molecule has 3 aliphatic rings. The van der Waals surface area contributed by atoms with E-state index in [2.05, 4.69) is 5.32 Å². The van der Waals surface area contributed by atoms with E-state index < -0.39 is 0 Å². The summed E-state index contributed by atoms with van der Waals surface area (Å²) in [5.74, 6) is 2.02. The molecule has 0 aromatic rings. The first-order chi connectivity index (χ1) is 10.3. The van der Waals surface area contributed by atoms with Crippen molar-refractivity contribution in [1.82, 2.24) is 15.1 Å². The maximum absolute atomic E-state index is 12.8. The Bertz CT molecular complexity index is 396. The summed E-state index contributed by atoms with van der Waals surface area (Å²) in [5, 5.41) is 3.32. The lowest BCUT2D eigenvalue weighted by atomic mass is 10.1. The fraction of sp³-hybridized carbons (Fsp3) is 0.867. The van der Waals surface area contributed by atoms with Crippen LogP contribution in [0.1, 0.15) is 32.1 Å². The highest BCUT2D eigenvalue weighted by atomic mass is 35.5. The fourth-order valence-corrected chi connectivity index (χ4v) is 4.70. The standard InChI is InChI=1S/C15H25N3O2S.ClH/c19-14(12-4-1-2-5-12)18-11-21-10-13(18)15(20)17-8-3-6-16-7-9-17;/h12-13,16H,1-11H2;1H. The van der Waals surface area contributed by atoms with Crippen molar-refractivity contribution in [3.8, 4) is 0 Å². The van der Waals surface area contributed by atoms with E-state index in [0.29, 0.717) is 5.88 Å². The zero-order valence-corrected chi connectivity index (χ0v) is 14.6. The molecule has 7 heteroatoms. The van der Waals surface area contributed by atoms with Crippen LogP contribution in [0.2, 0.25) is 0 Å². The Hall–Kier alpha value is -0.460. The van der Waals surface area contributed by atoms with E-state index in [9.17, 15) is 9.59 Å². The molecule has 1 atom stereocenters. The second kappa shape index (κ2) is 8.41. The highest BCUT2D eigenvalue weighted by Crippen LogP contribution is 2.31. The third-order valence-corrected chi connectivity index (χ3v) is 5.82. The van der Waals surface area contributed by atoms with Crippen molar-refractivity contribution in [3.05, 3.63) is 0 Å². The summed E-state index contributed by atoms with van der Waals surface area (Å²) in [4.78, 5) is 29.2. The van der Waals surface area contributed by atoms with Gasteiger partial charge in [-0.05, 0) is 25.8 Å². The zero-order valence-electron chi connectivity index (χ0n) is 13.0. The zero-order chi connectivity index (χ0) is 14.7. The van der Waals surface area contributed by atoms with E-state index in [-0.39, 0.29) is 36.2 Å². The minimum absolute atomic E-state index is 0. The van der Waals surface area contributed by atoms with Crippen LogP contribution in [0.15, 0.2) is 0 Å². The molecule has 1 aliphatic carbocycles.